The lowest BCUT2D eigenvalue weighted by atomic mass is 9.73. The van der Waals surface area contributed by atoms with E-state index in [-0.39, 0.29) is 23.7 Å². The van der Waals surface area contributed by atoms with Gasteiger partial charge in [-0.25, -0.2) is 13.8 Å². The Balaban J connectivity index is 1.18. The molecule has 45 heavy (non-hydrogen) atoms. The molecule has 3 fully saturated rings. The lowest BCUT2D eigenvalue weighted by molar-refractivity contribution is -0.100. The summed E-state index contributed by atoms with van der Waals surface area (Å²) in [6.45, 7) is 9.21. The number of anilines is 2. The lowest BCUT2D eigenvalue weighted by Crippen LogP contribution is -2.49. The molecule has 2 atom stereocenters. The van der Waals surface area contributed by atoms with Crippen LogP contribution >= 0.6 is 0 Å². The van der Waals surface area contributed by atoms with Gasteiger partial charge in [-0.15, -0.1) is 0 Å². The molecule has 1 amide bonds. The fraction of sp³-hybridized carbons (Fsp3) is 0.618. The number of amides is 1. The topological polar surface area (TPSA) is 95.3 Å². The highest BCUT2D eigenvalue weighted by atomic mass is 19.3. The van der Waals surface area contributed by atoms with Crippen LogP contribution in [0.5, 0.6) is 0 Å². The van der Waals surface area contributed by atoms with Gasteiger partial charge in [-0.3, -0.25) is 19.6 Å². The molecule has 2 saturated heterocycles. The number of hydrogen-bond acceptors (Lipinski definition) is 8. The van der Waals surface area contributed by atoms with Crippen molar-refractivity contribution in [3.8, 4) is 0 Å². The van der Waals surface area contributed by atoms with Crippen molar-refractivity contribution in [2.45, 2.75) is 89.6 Å². The molecule has 1 N–H and O–H groups in total. The van der Waals surface area contributed by atoms with Crippen molar-refractivity contribution in [3.05, 3.63) is 46.3 Å². The molecule has 11 heteroatoms. The molecule has 0 spiro atoms. The van der Waals surface area contributed by atoms with Gasteiger partial charge in [0.25, 0.3) is 11.8 Å². The molecule has 4 aliphatic heterocycles. The summed E-state index contributed by atoms with van der Waals surface area (Å²) in [5.41, 5.74) is 5.33. The van der Waals surface area contributed by atoms with E-state index < -0.39 is 11.8 Å². The molecule has 7 rings (SSSR count). The molecule has 9 nitrogen and oxygen atoms in total. The van der Waals surface area contributed by atoms with Crippen molar-refractivity contribution in [2.75, 3.05) is 43.1 Å². The number of likely N-dealkylation sites (tertiary alicyclic amines) is 1. The molecular weight excluding hydrogens is 576 g/mol. The number of rotatable bonds is 11. The summed E-state index contributed by atoms with van der Waals surface area (Å²) in [5, 5.41) is 12.1. The largest absolute Gasteiger partial charge is 0.379 e. The van der Waals surface area contributed by atoms with Crippen molar-refractivity contribution in [2.24, 2.45) is 22.0 Å². The summed E-state index contributed by atoms with van der Waals surface area (Å²) < 4.78 is 34.1. The second-order valence-corrected chi connectivity index (χ2v) is 13.7. The summed E-state index contributed by atoms with van der Waals surface area (Å²) in [5.74, 6) is -1.49. The van der Waals surface area contributed by atoms with Crippen molar-refractivity contribution < 1.29 is 18.3 Å². The maximum Gasteiger partial charge on any atom is 0.260 e. The Morgan fingerprint density at radius 2 is 1.96 bits per heavy atom. The predicted octanol–water partition coefficient (Wildman–Crippen LogP) is 5.94. The number of carbonyl (C=O) groups excluding carboxylic acids is 1. The van der Waals surface area contributed by atoms with Crippen LogP contribution in [0.15, 0.2) is 28.4 Å². The first kappa shape index (κ1) is 30.3. The highest BCUT2D eigenvalue weighted by Crippen LogP contribution is 2.45. The highest BCUT2D eigenvalue weighted by Gasteiger charge is 2.45. The third-order valence-corrected chi connectivity index (χ3v) is 10.2. The van der Waals surface area contributed by atoms with E-state index in [2.05, 4.69) is 34.6 Å². The van der Waals surface area contributed by atoms with E-state index >= 15 is 0 Å². The molecule has 240 valence electrons. The molecule has 1 unspecified atom stereocenters. The molecule has 0 bridgehead atoms. The second-order valence-electron chi connectivity index (χ2n) is 13.7. The van der Waals surface area contributed by atoms with Crippen molar-refractivity contribution in [1.82, 2.24) is 14.9 Å². The summed E-state index contributed by atoms with van der Waals surface area (Å²) in [7, 11) is 0. The van der Waals surface area contributed by atoms with Gasteiger partial charge in [-0.2, -0.15) is 10.2 Å². The van der Waals surface area contributed by atoms with Crippen LogP contribution in [0.25, 0.3) is 0 Å². The number of nitrogens with one attached hydrogen (secondary N) is 1. The minimum atomic E-state index is -2.63. The van der Waals surface area contributed by atoms with E-state index in [0.717, 1.165) is 66.1 Å². The molecule has 2 aromatic heterocycles. The van der Waals surface area contributed by atoms with Crippen LogP contribution < -0.4 is 10.2 Å². The van der Waals surface area contributed by atoms with Gasteiger partial charge in [0.1, 0.15) is 11.6 Å². The first-order valence-electron chi connectivity index (χ1n) is 16.6. The van der Waals surface area contributed by atoms with Gasteiger partial charge in [0.2, 0.25) is 0 Å². The smallest absolute Gasteiger partial charge is 0.260 e. The SMILES string of the molecule is CCCC1C=NN=C1CC1(c2cc(NCC)nc(N3Cc4c(cc(CN5CCC(F)(F)[C@H](C)C5)nc4C4CC4)C3=O)c2)COC1. The summed E-state index contributed by atoms with van der Waals surface area (Å²) in [4.78, 5) is 27.9. The number of aromatic nitrogens is 2. The molecule has 1 aliphatic carbocycles. The average molecular weight is 620 g/mol. The summed E-state index contributed by atoms with van der Waals surface area (Å²) in [6.07, 6.45) is 6.74. The zero-order valence-corrected chi connectivity index (χ0v) is 26.5. The first-order valence-corrected chi connectivity index (χ1v) is 16.6. The number of carbonyl (C=O) groups is 1. The van der Waals surface area contributed by atoms with Gasteiger partial charge >= 0.3 is 0 Å². The van der Waals surface area contributed by atoms with Gasteiger partial charge in [0, 0.05) is 85.2 Å². The van der Waals surface area contributed by atoms with Gasteiger partial charge in [0.05, 0.1) is 31.2 Å². The van der Waals surface area contributed by atoms with Gasteiger partial charge in [-0.05, 0) is 49.9 Å². The predicted molar refractivity (Wildman–Crippen MR) is 171 cm³/mol. The summed E-state index contributed by atoms with van der Waals surface area (Å²) >= 11 is 0. The van der Waals surface area contributed by atoms with Crippen LogP contribution in [0.4, 0.5) is 20.4 Å². The second kappa shape index (κ2) is 11.8. The highest BCUT2D eigenvalue weighted by molar-refractivity contribution is 6.10. The Kier molecular flexibility index (Phi) is 7.96. The molecular formula is C34H43F2N7O2. The first-order chi connectivity index (χ1) is 21.7. The van der Waals surface area contributed by atoms with Crippen LogP contribution in [0, 0.1) is 11.8 Å². The third-order valence-electron chi connectivity index (χ3n) is 10.2. The Morgan fingerprint density at radius 1 is 1.13 bits per heavy atom. The number of nitrogens with zero attached hydrogens (tertiary/aromatic N) is 6. The third kappa shape index (κ3) is 5.78. The van der Waals surface area contributed by atoms with Crippen LogP contribution in [0.1, 0.15) is 98.1 Å². The van der Waals surface area contributed by atoms with E-state index in [1.165, 1.54) is 0 Å². The fourth-order valence-electron chi connectivity index (χ4n) is 7.24. The van der Waals surface area contributed by atoms with Crippen LogP contribution in [-0.4, -0.2) is 71.5 Å². The fourth-order valence-corrected chi connectivity index (χ4v) is 7.24. The minimum Gasteiger partial charge on any atom is -0.379 e. The molecule has 0 aromatic carbocycles. The quantitative estimate of drug-likeness (QED) is 0.335. The molecule has 2 aromatic rings. The number of alkyl halides is 2. The van der Waals surface area contributed by atoms with E-state index in [1.807, 2.05) is 24.1 Å². The standard InChI is InChI=1S/C34H43F2N7O2/c1-4-6-23-15-38-41-28(23)14-33(19-45-20-33)24-11-29(37-5-2)40-30(12-24)43-18-27-26(32(43)44)13-25(39-31(27)22-7-8-22)17-42-10-9-34(35,36)21(3)16-42/h11-13,15,21-23H,4-10,14,16-20H2,1-3H3,(H,37,40)/t21-,23?/m1/s1. The zero-order chi connectivity index (χ0) is 31.3. The van der Waals surface area contributed by atoms with Gasteiger partial charge in [-0.1, -0.05) is 20.3 Å². The summed E-state index contributed by atoms with van der Waals surface area (Å²) in [6, 6.07) is 6.04. The number of piperidine rings is 1. The van der Waals surface area contributed by atoms with E-state index in [4.69, 9.17) is 14.7 Å². The molecule has 1 saturated carbocycles. The average Bonchev–Trinajstić information content (AvgIpc) is 3.66. The van der Waals surface area contributed by atoms with Crippen LogP contribution in [-0.2, 0) is 23.2 Å². The van der Waals surface area contributed by atoms with Crippen molar-refractivity contribution >= 4 is 29.5 Å². The Morgan fingerprint density at radius 3 is 2.64 bits per heavy atom. The number of pyridine rings is 2. The lowest BCUT2D eigenvalue weighted by Gasteiger charge is -2.43. The Bertz CT molecular complexity index is 1530. The van der Waals surface area contributed by atoms with Gasteiger partial charge < -0.3 is 10.1 Å². The van der Waals surface area contributed by atoms with E-state index in [1.54, 1.807) is 11.8 Å². The molecule has 6 heterocycles. The Labute approximate surface area is 263 Å². The molecule has 0 radical (unpaired) electrons. The normalized spacial score (nSPS) is 25.3. The molecule has 5 aliphatic rings. The van der Waals surface area contributed by atoms with Crippen molar-refractivity contribution in [1.29, 1.82) is 0 Å². The number of halogens is 2. The Hall–Kier alpha value is -3.31. The van der Waals surface area contributed by atoms with Crippen LogP contribution in [0.2, 0.25) is 0 Å². The zero-order valence-electron chi connectivity index (χ0n) is 26.5. The maximum atomic E-state index is 14.2. The number of ether oxygens (including phenoxy) is 1. The minimum absolute atomic E-state index is 0.0864. The number of fused-ring (bicyclic) bond motifs is 1. The van der Waals surface area contributed by atoms with Crippen molar-refractivity contribution in [3.63, 3.8) is 0 Å². The maximum absolute atomic E-state index is 14.2. The van der Waals surface area contributed by atoms with E-state index in [9.17, 15) is 13.6 Å². The van der Waals surface area contributed by atoms with E-state index in [0.29, 0.717) is 63.2 Å². The monoisotopic (exact) mass is 619 g/mol. The van der Waals surface area contributed by atoms with Gasteiger partial charge in [0.15, 0.2) is 0 Å². The van der Waals surface area contributed by atoms with Crippen LogP contribution in [0.3, 0.4) is 0 Å². The number of hydrogen-bond donors (Lipinski definition) is 1.